The Morgan fingerprint density at radius 2 is 1.82 bits per heavy atom. The van der Waals surface area contributed by atoms with E-state index in [-0.39, 0.29) is 5.54 Å². The molecule has 96 valence electrons. The summed E-state index contributed by atoms with van der Waals surface area (Å²) in [6, 6.07) is 0. The van der Waals surface area contributed by atoms with Crippen LogP contribution in [0.5, 0.6) is 5.75 Å². The Morgan fingerprint density at radius 1 is 1.24 bits per heavy atom. The SMILES string of the molecule is CCC(CC)(CC)Nc1ncnc(Cl)c1OC. The fraction of sp³-hybridized carbons (Fsp3) is 0.667. The number of nitrogens with one attached hydrogen (secondary N) is 1. The zero-order valence-electron chi connectivity index (χ0n) is 10.9. The van der Waals surface area contributed by atoms with Crippen LogP contribution in [0, 0.1) is 0 Å². The van der Waals surface area contributed by atoms with Gasteiger partial charge in [0.15, 0.2) is 16.7 Å². The Labute approximate surface area is 108 Å². The molecule has 0 aliphatic heterocycles. The first kappa shape index (κ1) is 14.0. The van der Waals surface area contributed by atoms with Gasteiger partial charge in [0.1, 0.15) is 6.33 Å². The molecule has 17 heavy (non-hydrogen) atoms. The highest BCUT2D eigenvalue weighted by Gasteiger charge is 2.26. The van der Waals surface area contributed by atoms with Gasteiger partial charge in [-0.15, -0.1) is 0 Å². The van der Waals surface area contributed by atoms with Gasteiger partial charge in [0.25, 0.3) is 0 Å². The zero-order valence-corrected chi connectivity index (χ0v) is 11.6. The number of nitrogens with zero attached hydrogens (tertiary/aromatic N) is 2. The maximum atomic E-state index is 5.97. The third-order valence-electron chi connectivity index (χ3n) is 3.38. The van der Waals surface area contributed by atoms with Gasteiger partial charge in [0, 0.05) is 5.54 Å². The molecule has 0 atom stereocenters. The number of methoxy groups -OCH3 is 1. The minimum Gasteiger partial charge on any atom is -0.490 e. The second-order valence-electron chi connectivity index (χ2n) is 4.01. The van der Waals surface area contributed by atoms with Crippen LogP contribution in [0.25, 0.3) is 0 Å². The molecule has 0 saturated carbocycles. The van der Waals surface area contributed by atoms with E-state index in [4.69, 9.17) is 16.3 Å². The fourth-order valence-corrected chi connectivity index (χ4v) is 2.10. The first-order valence-corrected chi connectivity index (χ1v) is 6.32. The molecule has 0 fully saturated rings. The first-order valence-electron chi connectivity index (χ1n) is 5.95. The molecule has 1 aromatic heterocycles. The van der Waals surface area contributed by atoms with Crippen molar-refractivity contribution in [3.05, 3.63) is 11.5 Å². The van der Waals surface area contributed by atoms with Crippen LogP contribution in [0.1, 0.15) is 40.0 Å². The number of halogens is 1. The lowest BCUT2D eigenvalue weighted by Gasteiger charge is -2.32. The van der Waals surface area contributed by atoms with Gasteiger partial charge < -0.3 is 10.1 Å². The lowest BCUT2D eigenvalue weighted by molar-refractivity contribution is 0.396. The first-order chi connectivity index (χ1) is 8.12. The minimum absolute atomic E-state index is 0.0327. The molecule has 1 heterocycles. The summed E-state index contributed by atoms with van der Waals surface area (Å²) in [5.74, 6) is 1.17. The van der Waals surface area contributed by atoms with Crippen molar-refractivity contribution in [1.82, 2.24) is 9.97 Å². The third kappa shape index (κ3) is 3.00. The molecule has 1 aromatic rings. The maximum Gasteiger partial charge on any atom is 0.198 e. The molecule has 0 saturated heterocycles. The van der Waals surface area contributed by atoms with E-state index < -0.39 is 0 Å². The van der Waals surface area contributed by atoms with E-state index in [0.717, 1.165) is 19.3 Å². The molecule has 1 rings (SSSR count). The van der Waals surface area contributed by atoms with Crippen LogP contribution < -0.4 is 10.1 Å². The lowest BCUT2D eigenvalue weighted by Crippen LogP contribution is -2.36. The summed E-state index contributed by atoms with van der Waals surface area (Å²) in [5.41, 5.74) is 0.0327. The van der Waals surface area contributed by atoms with Crippen LogP contribution in [-0.4, -0.2) is 22.6 Å². The van der Waals surface area contributed by atoms with Crippen molar-refractivity contribution in [1.29, 1.82) is 0 Å². The molecule has 0 aromatic carbocycles. The summed E-state index contributed by atoms with van der Waals surface area (Å²) < 4.78 is 5.24. The van der Waals surface area contributed by atoms with Crippen molar-refractivity contribution in [3.8, 4) is 5.75 Å². The highest BCUT2D eigenvalue weighted by atomic mass is 35.5. The molecule has 4 nitrogen and oxygen atoms in total. The average Bonchev–Trinajstić information content (AvgIpc) is 2.36. The zero-order chi connectivity index (χ0) is 12.9. The predicted octanol–water partition coefficient (Wildman–Crippen LogP) is 3.52. The highest BCUT2D eigenvalue weighted by Crippen LogP contribution is 2.33. The minimum atomic E-state index is 0.0327. The Kier molecular flexibility index (Phi) is 5.00. The average molecular weight is 258 g/mol. The third-order valence-corrected chi connectivity index (χ3v) is 3.65. The van der Waals surface area contributed by atoms with Crippen molar-refractivity contribution in [2.75, 3.05) is 12.4 Å². The smallest absolute Gasteiger partial charge is 0.198 e. The van der Waals surface area contributed by atoms with E-state index in [1.807, 2.05) is 0 Å². The van der Waals surface area contributed by atoms with Gasteiger partial charge in [-0.1, -0.05) is 32.4 Å². The van der Waals surface area contributed by atoms with Crippen LogP contribution in [-0.2, 0) is 0 Å². The van der Waals surface area contributed by atoms with Gasteiger partial charge in [-0.25, -0.2) is 9.97 Å². The van der Waals surface area contributed by atoms with Gasteiger partial charge in [-0.2, -0.15) is 0 Å². The summed E-state index contributed by atoms with van der Waals surface area (Å²) in [5, 5.41) is 3.78. The maximum absolute atomic E-state index is 5.97. The molecule has 0 spiro atoms. The molecule has 0 unspecified atom stereocenters. The van der Waals surface area contributed by atoms with E-state index in [1.54, 1.807) is 7.11 Å². The summed E-state index contributed by atoms with van der Waals surface area (Å²) in [7, 11) is 1.57. The summed E-state index contributed by atoms with van der Waals surface area (Å²) in [4.78, 5) is 8.11. The van der Waals surface area contributed by atoms with E-state index in [1.165, 1.54) is 6.33 Å². The fourth-order valence-electron chi connectivity index (χ4n) is 1.89. The van der Waals surface area contributed by atoms with Gasteiger partial charge in [0.2, 0.25) is 0 Å². The second kappa shape index (κ2) is 6.05. The molecule has 1 N–H and O–H groups in total. The predicted molar refractivity (Wildman–Crippen MR) is 70.8 cm³/mol. The van der Waals surface area contributed by atoms with Gasteiger partial charge in [0.05, 0.1) is 7.11 Å². The molecular formula is C12H20ClN3O. The van der Waals surface area contributed by atoms with Gasteiger partial charge in [-0.3, -0.25) is 0 Å². The van der Waals surface area contributed by atoms with E-state index in [0.29, 0.717) is 16.7 Å². The Bertz CT molecular complexity index is 359. The summed E-state index contributed by atoms with van der Waals surface area (Å²) in [6.45, 7) is 6.49. The molecule has 0 aliphatic carbocycles. The molecule has 5 heteroatoms. The Morgan fingerprint density at radius 3 is 2.29 bits per heavy atom. The monoisotopic (exact) mass is 257 g/mol. The van der Waals surface area contributed by atoms with Crippen LogP contribution in [0.2, 0.25) is 5.15 Å². The Balaban J connectivity index is 3.05. The normalized spacial score (nSPS) is 11.4. The summed E-state index contributed by atoms with van der Waals surface area (Å²) in [6.07, 6.45) is 4.50. The van der Waals surface area contributed by atoms with Crippen LogP contribution in [0.15, 0.2) is 6.33 Å². The van der Waals surface area contributed by atoms with Crippen molar-refractivity contribution >= 4 is 17.4 Å². The van der Waals surface area contributed by atoms with Crippen LogP contribution in [0.3, 0.4) is 0 Å². The lowest BCUT2D eigenvalue weighted by atomic mass is 9.90. The van der Waals surface area contributed by atoms with Crippen molar-refractivity contribution in [3.63, 3.8) is 0 Å². The quantitative estimate of drug-likeness (QED) is 0.792. The van der Waals surface area contributed by atoms with E-state index >= 15 is 0 Å². The number of hydrogen-bond acceptors (Lipinski definition) is 4. The van der Waals surface area contributed by atoms with Crippen molar-refractivity contribution in [2.24, 2.45) is 0 Å². The number of anilines is 1. The van der Waals surface area contributed by atoms with Crippen LogP contribution >= 0.6 is 11.6 Å². The molecule has 0 aliphatic rings. The topological polar surface area (TPSA) is 47.0 Å². The Hall–Kier alpha value is -1.03. The number of hydrogen-bond donors (Lipinski definition) is 1. The largest absolute Gasteiger partial charge is 0.490 e. The number of rotatable bonds is 6. The van der Waals surface area contributed by atoms with E-state index in [9.17, 15) is 0 Å². The van der Waals surface area contributed by atoms with E-state index in [2.05, 4.69) is 36.1 Å². The van der Waals surface area contributed by atoms with Gasteiger partial charge in [-0.05, 0) is 19.3 Å². The second-order valence-corrected chi connectivity index (χ2v) is 4.37. The molecule has 0 bridgehead atoms. The molecule has 0 radical (unpaired) electrons. The molecule has 0 amide bonds. The number of aromatic nitrogens is 2. The standard InChI is InChI=1S/C12H20ClN3O/c1-5-12(6-2,7-3)16-11-9(17-4)10(13)14-8-15-11/h8H,5-7H2,1-4H3,(H,14,15,16). The number of ether oxygens (including phenoxy) is 1. The van der Waals surface area contributed by atoms with Crippen molar-refractivity contribution in [2.45, 2.75) is 45.6 Å². The van der Waals surface area contributed by atoms with Crippen molar-refractivity contribution < 1.29 is 4.74 Å². The molecular weight excluding hydrogens is 238 g/mol. The van der Waals surface area contributed by atoms with Crippen LogP contribution in [0.4, 0.5) is 5.82 Å². The highest BCUT2D eigenvalue weighted by molar-refractivity contribution is 6.31. The summed E-state index contributed by atoms with van der Waals surface area (Å²) >= 11 is 5.97. The van der Waals surface area contributed by atoms with Gasteiger partial charge >= 0.3 is 0 Å².